The molecule has 1 saturated heterocycles. The number of carbonyl (C=O) groups is 1. The Morgan fingerprint density at radius 1 is 1.03 bits per heavy atom. The highest BCUT2D eigenvalue weighted by Gasteiger charge is 2.25. The molecule has 1 aliphatic carbocycles. The summed E-state index contributed by atoms with van der Waals surface area (Å²) in [5.41, 5.74) is 1.49. The van der Waals surface area contributed by atoms with E-state index in [1.54, 1.807) is 30.7 Å². The molecule has 4 heterocycles. The number of rotatable bonds is 4. The fourth-order valence-corrected chi connectivity index (χ4v) is 4.21. The third kappa shape index (κ3) is 3.77. The largest absolute Gasteiger partial charge is 0.353 e. The van der Waals surface area contributed by atoms with Crippen LogP contribution in [0.5, 0.6) is 0 Å². The highest BCUT2D eigenvalue weighted by Crippen LogP contribution is 2.33. The lowest BCUT2D eigenvalue weighted by Gasteiger charge is -2.35. The van der Waals surface area contributed by atoms with E-state index in [1.165, 1.54) is 12.8 Å². The third-order valence-electron chi connectivity index (χ3n) is 5.95. The number of nitrogens with zero attached hydrogens (tertiary/aromatic N) is 6. The van der Waals surface area contributed by atoms with Crippen LogP contribution in [0.2, 0.25) is 0 Å². The van der Waals surface area contributed by atoms with Gasteiger partial charge in [0.2, 0.25) is 11.7 Å². The predicted molar refractivity (Wildman–Crippen MR) is 111 cm³/mol. The van der Waals surface area contributed by atoms with Crippen LogP contribution < -0.4 is 4.90 Å². The highest BCUT2D eigenvalue weighted by atomic mass is 16.5. The molecule has 0 spiro atoms. The van der Waals surface area contributed by atoms with Crippen LogP contribution >= 0.6 is 0 Å². The quantitative estimate of drug-likeness (QED) is 0.660. The van der Waals surface area contributed by atoms with Crippen LogP contribution in [0.4, 0.5) is 5.82 Å². The number of amides is 1. The van der Waals surface area contributed by atoms with Crippen molar-refractivity contribution in [2.75, 3.05) is 31.1 Å². The molecule has 0 atom stereocenters. The van der Waals surface area contributed by atoms with Crippen LogP contribution in [-0.4, -0.2) is 57.1 Å². The van der Waals surface area contributed by atoms with Crippen molar-refractivity contribution in [2.24, 2.45) is 0 Å². The number of carbonyl (C=O) groups excluding carboxylic acids is 1. The number of piperazine rings is 1. The summed E-state index contributed by atoms with van der Waals surface area (Å²) in [6.07, 6.45) is 9.83. The van der Waals surface area contributed by atoms with E-state index in [0.29, 0.717) is 30.4 Å². The van der Waals surface area contributed by atoms with E-state index in [9.17, 15) is 4.79 Å². The van der Waals surface area contributed by atoms with E-state index in [4.69, 9.17) is 4.52 Å². The van der Waals surface area contributed by atoms with Crippen molar-refractivity contribution in [1.82, 2.24) is 25.0 Å². The maximum absolute atomic E-state index is 12.6. The first kappa shape index (κ1) is 18.7. The van der Waals surface area contributed by atoms with Gasteiger partial charge in [0.1, 0.15) is 5.82 Å². The van der Waals surface area contributed by atoms with Gasteiger partial charge in [-0.3, -0.25) is 9.78 Å². The summed E-state index contributed by atoms with van der Waals surface area (Å²) >= 11 is 0. The Morgan fingerprint density at radius 3 is 2.57 bits per heavy atom. The summed E-state index contributed by atoms with van der Waals surface area (Å²) in [5, 5.41) is 4.14. The van der Waals surface area contributed by atoms with Crippen LogP contribution in [-0.2, 0) is 0 Å². The Bertz CT molecular complexity index is 990. The number of hydrogen-bond acceptors (Lipinski definition) is 7. The van der Waals surface area contributed by atoms with Crippen molar-refractivity contribution >= 4 is 11.7 Å². The molecular weight excluding hydrogens is 380 g/mol. The van der Waals surface area contributed by atoms with Crippen molar-refractivity contribution in [3.05, 3.63) is 54.3 Å². The highest BCUT2D eigenvalue weighted by molar-refractivity contribution is 5.94. The van der Waals surface area contributed by atoms with E-state index in [1.807, 2.05) is 17.0 Å². The molecule has 154 valence electrons. The fourth-order valence-electron chi connectivity index (χ4n) is 4.21. The number of aromatic nitrogens is 4. The van der Waals surface area contributed by atoms with E-state index in [0.717, 1.165) is 43.2 Å². The van der Waals surface area contributed by atoms with E-state index in [-0.39, 0.29) is 5.91 Å². The monoisotopic (exact) mass is 404 g/mol. The molecular formula is C22H24N6O2. The van der Waals surface area contributed by atoms with Crippen molar-refractivity contribution in [3.63, 3.8) is 0 Å². The maximum Gasteiger partial charge on any atom is 0.255 e. The Morgan fingerprint density at radius 2 is 1.87 bits per heavy atom. The summed E-state index contributed by atoms with van der Waals surface area (Å²) in [6, 6.07) is 7.56. The number of anilines is 1. The molecule has 30 heavy (non-hydrogen) atoms. The average Bonchev–Trinajstić information content (AvgIpc) is 3.52. The van der Waals surface area contributed by atoms with Gasteiger partial charge in [-0.1, -0.05) is 18.0 Å². The first-order valence-corrected chi connectivity index (χ1v) is 10.5. The molecule has 0 aromatic carbocycles. The molecule has 0 N–H and O–H groups in total. The molecule has 0 radical (unpaired) electrons. The van der Waals surface area contributed by atoms with E-state index in [2.05, 4.69) is 25.0 Å². The lowest BCUT2D eigenvalue weighted by atomic mass is 10.1. The Hall–Kier alpha value is -3.29. The first-order chi connectivity index (χ1) is 14.8. The van der Waals surface area contributed by atoms with Crippen molar-refractivity contribution in [1.29, 1.82) is 0 Å². The van der Waals surface area contributed by atoms with Crippen LogP contribution in [0.1, 0.15) is 47.8 Å². The Balaban J connectivity index is 1.21. The van der Waals surface area contributed by atoms with Crippen molar-refractivity contribution in [3.8, 4) is 11.4 Å². The summed E-state index contributed by atoms with van der Waals surface area (Å²) in [5.74, 6) is 2.68. The van der Waals surface area contributed by atoms with Crippen LogP contribution in [0.15, 0.2) is 47.4 Å². The zero-order chi connectivity index (χ0) is 20.3. The minimum Gasteiger partial charge on any atom is -0.353 e. The van der Waals surface area contributed by atoms with Gasteiger partial charge in [-0.05, 0) is 37.1 Å². The third-order valence-corrected chi connectivity index (χ3v) is 5.95. The number of hydrogen-bond donors (Lipinski definition) is 0. The molecule has 2 fully saturated rings. The van der Waals surface area contributed by atoms with Crippen molar-refractivity contribution in [2.45, 2.75) is 31.6 Å². The lowest BCUT2D eigenvalue weighted by molar-refractivity contribution is 0.0746. The smallest absolute Gasteiger partial charge is 0.255 e. The standard InChI is InChI=1S/C22H24N6O2/c29-22(18-6-3-9-23-14-18)28-12-10-27(11-13-28)19-8-7-17(15-24-19)20-25-21(30-26-20)16-4-1-2-5-16/h3,6-9,14-16H,1-2,4-5,10-13H2. The molecule has 3 aromatic heterocycles. The van der Waals surface area contributed by atoms with Crippen LogP contribution in [0.3, 0.4) is 0 Å². The molecule has 0 unspecified atom stereocenters. The zero-order valence-electron chi connectivity index (χ0n) is 16.8. The van der Waals surface area contributed by atoms with Gasteiger partial charge in [-0.2, -0.15) is 4.98 Å². The summed E-state index contributed by atoms with van der Waals surface area (Å²) in [6.45, 7) is 2.80. The molecule has 1 amide bonds. The van der Waals surface area contributed by atoms with E-state index < -0.39 is 0 Å². The SMILES string of the molecule is O=C(c1cccnc1)N1CCN(c2ccc(-c3noc(C4CCCC4)n3)cn2)CC1. The van der Waals surface area contributed by atoms with Crippen molar-refractivity contribution < 1.29 is 9.32 Å². The molecule has 2 aliphatic rings. The van der Waals surface area contributed by atoms with Crippen LogP contribution in [0.25, 0.3) is 11.4 Å². The Kier molecular flexibility index (Phi) is 5.13. The lowest BCUT2D eigenvalue weighted by Crippen LogP contribution is -2.49. The number of pyridine rings is 2. The summed E-state index contributed by atoms with van der Waals surface area (Å²) < 4.78 is 5.48. The fraction of sp³-hybridized carbons (Fsp3) is 0.409. The van der Waals surface area contributed by atoms with Gasteiger partial charge in [0, 0.05) is 56.3 Å². The van der Waals surface area contributed by atoms with E-state index >= 15 is 0 Å². The molecule has 0 bridgehead atoms. The van der Waals surface area contributed by atoms with Gasteiger partial charge < -0.3 is 14.3 Å². The topological polar surface area (TPSA) is 88.3 Å². The molecule has 8 nitrogen and oxygen atoms in total. The average molecular weight is 404 g/mol. The molecule has 1 aliphatic heterocycles. The first-order valence-electron chi connectivity index (χ1n) is 10.5. The van der Waals surface area contributed by atoms with Crippen LogP contribution in [0, 0.1) is 0 Å². The Labute approximate surface area is 174 Å². The summed E-state index contributed by atoms with van der Waals surface area (Å²) in [7, 11) is 0. The summed E-state index contributed by atoms with van der Waals surface area (Å²) in [4.78, 5) is 29.9. The van der Waals surface area contributed by atoms with Gasteiger partial charge in [0.05, 0.1) is 5.56 Å². The predicted octanol–water partition coefficient (Wildman–Crippen LogP) is 3.15. The van der Waals surface area contributed by atoms with Gasteiger partial charge in [0.25, 0.3) is 5.91 Å². The minimum atomic E-state index is 0.0289. The van der Waals surface area contributed by atoms with Gasteiger partial charge >= 0.3 is 0 Å². The zero-order valence-corrected chi connectivity index (χ0v) is 16.8. The van der Waals surface area contributed by atoms with Gasteiger partial charge in [0.15, 0.2) is 0 Å². The molecule has 5 rings (SSSR count). The maximum atomic E-state index is 12.6. The normalized spacial score (nSPS) is 17.5. The van der Waals surface area contributed by atoms with Gasteiger partial charge in [-0.25, -0.2) is 4.98 Å². The molecule has 1 saturated carbocycles. The molecule has 3 aromatic rings. The minimum absolute atomic E-state index is 0.0289. The second-order valence-corrected chi connectivity index (χ2v) is 7.86. The van der Waals surface area contributed by atoms with Gasteiger partial charge in [-0.15, -0.1) is 0 Å². The molecule has 8 heteroatoms. The second kappa shape index (κ2) is 8.22. The second-order valence-electron chi connectivity index (χ2n) is 7.86.